The number of fused-ring (bicyclic) bond motifs is 5. The standard InChI is InChI=1S/C25H45NO/c1-5-12-25(13-6-2)16-11-22-20-8-7-18-17-19(27)9-14-23(18,3)21(20)10-15-24(22,4)26-25/h18-22,26-27H,5-17H2,1-4H3/t18-,19-,20+,21-,22-,23-,24-/m0/s1. The van der Waals surface area contributed by atoms with E-state index in [1.54, 1.807) is 0 Å². The van der Waals surface area contributed by atoms with E-state index in [0.717, 1.165) is 36.5 Å². The van der Waals surface area contributed by atoms with E-state index in [4.69, 9.17) is 0 Å². The molecule has 1 saturated heterocycles. The molecule has 0 aromatic heterocycles. The van der Waals surface area contributed by atoms with Gasteiger partial charge in [-0.05, 0) is 107 Å². The van der Waals surface area contributed by atoms with E-state index in [2.05, 4.69) is 33.0 Å². The van der Waals surface area contributed by atoms with Crippen molar-refractivity contribution in [3.8, 4) is 0 Å². The molecule has 7 atom stereocenters. The van der Waals surface area contributed by atoms with E-state index in [1.807, 2.05) is 0 Å². The molecular formula is C25H45NO. The van der Waals surface area contributed by atoms with Gasteiger partial charge in [-0.25, -0.2) is 0 Å². The third-order valence-electron chi connectivity index (χ3n) is 9.97. The largest absolute Gasteiger partial charge is 0.393 e. The van der Waals surface area contributed by atoms with Crippen LogP contribution in [0.1, 0.15) is 111 Å². The summed E-state index contributed by atoms with van der Waals surface area (Å²) in [7, 11) is 0. The van der Waals surface area contributed by atoms with Gasteiger partial charge in [0.1, 0.15) is 0 Å². The van der Waals surface area contributed by atoms with Crippen molar-refractivity contribution in [2.24, 2.45) is 29.1 Å². The Kier molecular flexibility index (Phi) is 5.47. The number of hydrogen-bond donors (Lipinski definition) is 2. The van der Waals surface area contributed by atoms with E-state index in [1.165, 1.54) is 70.6 Å². The van der Waals surface area contributed by atoms with Gasteiger partial charge in [-0.1, -0.05) is 33.6 Å². The van der Waals surface area contributed by atoms with Crippen LogP contribution in [0, 0.1) is 29.1 Å². The maximum atomic E-state index is 10.2. The summed E-state index contributed by atoms with van der Waals surface area (Å²) in [6.07, 6.45) is 17.1. The molecular weight excluding hydrogens is 330 g/mol. The Bertz CT molecular complexity index is 526. The number of hydrogen-bond acceptors (Lipinski definition) is 2. The smallest absolute Gasteiger partial charge is 0.0543 e. The molecule has 4 fully saturated rings. The average molecular weight is 376 g/mol. The molecule has 0 bridgehead atoms. The Morgan fingerprint density at radius 3 is 2.26 bits per heavy atom. The number of rotatable bonds is 4. The van der Waals surface area contributed by atoms with E-state index >= 15 is 0 Å². The van der Waals surface area contributed by atoms with Crippen LogP contribution in [-0.4, -0.2) is 22.3 Å². The molecule has 0 aromatic rings. The minimum atomic E-state index is -0.0199. The summed E-state index contributed by atoms with van der Waals surface area (Å²) in [4.78, 5) is 0. The first kappa shape index (κ1) is 20.2. The summed E-state index contributed by atoms with van der Waals surface area (Å²) in [5.41, 5.74) is 1.28. The normalized spacial score (nSPS) is 49.0. The van der Waals surface area contributed by atoms with Crippen molar-refractivity contribution in [3.63, 3.8) is 0 Å². The molecule has 4 aliphatic rings. The molecule has 1 heterocycles. The van der Waals surface area contributed by atoms with Gasteiger partial charge in [0.05, 0.1) is 6.10 Å². The molecule has 4 rings (SSSR count). The van der Waals surface area contributed by atoms with E-state index in [-0.39, 0.29) is 6.10 Å². The number of aliphatic hydroxyl groups is 1. The van der Waals surface area contributed by atoms with Crippen LogP contribution < -0.4 is 5.32 Å². The summed E-state index contributed by atoms with van der Waals surface area (Å²) < 4.78 is 0. The second-order valence-corrected chi connectivity index (χ2v) is 11.5. The molecule has 3 aliphatic carbocycles. The van der Waals surface area contributed by atoms with Crippen LogP contribution in [0.25, 0.3) is 0 Å². The first-order valence-corrected chi connectivity index (χ1v) is 12.3. The highest BCUT2D eigenvalue weighted by molar-refractivity contribution is 5.13. The Balaban J connectivity index is 1.55. The quantitative estimate of drug-likeness (QED) is 0.625. The highest BCUT2D eigenvalue weighted by Gasteiger charge is 2.59. The Morgan fingerprint density at radius 2 is 1.56 bits per heavy atom. The summed E-state index contributed by atoms with van der Waals surface area (Å²) in [6.45, 7) is 9.93. The van der Waals surface area contributed by atoms with Crippen LogP contribution in [0.3, 0.4) is 0 Å². The second kappa shape index (κ2) is 7.31. The van der Waals surface area contributed by atoms with Crippen LogP contribution in [0.2, 0.25) is 0 Å². The van der Waals surface area contributed by atoms with Gasteiger partial charge in [0, 0.05) is 11.1 Å². The molecule has 1 aliphatic heterocycles. The monoisotopic (exact) mass is 375 g/mol. The predicted octanol–water partition coefficient (Wildman–Crippen LogP) is 6.07. The van der Waals surface area contributed by atoms with E-state index < -0.39 is 0 Å². The highest BCUT2D eigenvalue weighted by Crippen LogP contribution is 2.63. The first-order chi connectivity index (χ1) is 12.9. The fourth-order valence-electron chi connectivity index (χ4n) is 8.80. The molecule has 2 N–H and O–H groups in total. The fraction of sp³-hybridized carbons (Fsp3) is 1.00. The van der Waals surface area contributed by atoms with Crippen molar-refractivity contribution in [2.75, 3.05) is 0 Å². The molecule has 27 heavy (non-hydrogen) atoms. The van der Waals surface area contributed by atoms with Gasteiger partial charge >= 0.3 is 0 Å². The van der Waals surface area contributed by atoms with Gasteiger partial charge in [-0.15, -0.1) is 0 Å². The van der Waals surface area contributed by atoms with Crippen molar-refractivity contribution < 1.29 is 5.11 Å². The van der Waals surface area contributed by atoms with E-state index in [9.17, 15) is 5.11 Å². The van der Waals surface area contributed by atoms with Crippen molar-refractivity contribution in [1.82, 2.24) is 5.32 Å². The zero-order valence-corrected chi connectivity index (χ0v) is 18.5. The minimum Gasteiger partial charge on any atom is -0.393 e. The lowest BCUT2D eigenvalue weighted by molar-refractivity contribution is -0.132. The number of aliphatic hydroxyl groups excluding tert-OH is 1. The Morgan fingerprint density at radius 1 is 0.852 bits per heavy atom. The van der Waals surface area contributed by atoms with Gasteiger partial charge in [0.25, 0.3) is 0 Å². The molecule has 156 valence electrons. The van der Waals surface area contributed by atoms with Crippen LogP contribution in [0.4, 0.5) is 0 Å². The van der Waals surface area contributed by atoms with Crippen LogP contribution in [-0.2, 0) is 0 Å². The van der Waals surface area contributed by atoms with Gasteiger partial charge in [-0.3, -0.25) is 0 Å². The summed E-state index contributed by atoms with van der Waals surface area (Å²) >= 11 is 0. The SMILES string of the molecule is CCCC1(CCC)CC[C@H]2[C@@H]3CC[C@H]4C[C@@H](O)CC[C@]4(C)[C@H]3CC[C@]2(C)N1. The van der Waals surface area contributed by atoms with Crippen LogP contribution >= 0.6 is 0 Å². The predicted molar refractivity (Wildman–Crippen MR) is 114 cm³/mol. The van der Waals surface area contributed by atoms with Crippen LogP contribution in [0.15, 0.2) is 0 Å². The van der Waals surface area contributed by atoms with Crippen molar-refractivity contribution >= 4 is 0 Å². The Labute approximate surface area is 168 Å². The lowest BCUT2D eigenvalue weighted by atomic mass is 9.44. The zero-order chi connectivity index (χ0) is 19.3. The summed E-state index contributed by atoms with van der Waals surface area (Å²) in [6, 6.07) is 0. The minimum absolute atomic E-state index is 0.0199. The van der Waals surface area contributed by atoms with Crippen molar-refractivity contribution in [3.05, 3.63) is 0 Å². The topological polar surface area (TPSA) is 32.3 Å². The average Bonchev–Trinajstić information content (AvgIpc) is 2.61. The fourth-order valence-corrected chi connectivity index (χ4v) is 8.80. The molecule has 2 nitrogen and oxygen atoms in total. The highest BCUT2D eigenvalue weighted by atomic mass is 16.3. The second-order valence-electron chi connectivity index (χ2n) is 11.5. The lowest BCUT2D eigenvalue weighted by Gasteiger charge is -2.64. The zero-order valence-electron chi connectivity index (χ0n) is 18.5. The molecule has 2 heteroatoms. The van der Waals surface area contributed by atoms with Crippen LogP contribution in [0.5, 0.6) is 0 Å². The lowest BCUT2D eigenvalue weighted by Crippen LogP contribution is -2.68. The summed E-state index contributed by atoms with van der Waals surface area (Å²) in [5, 5.41) is 14.6. The van der Waals surface area contributed by atoms with Gasteiger partial charge in [0.15, 0.2) is 0 Å². The summed E-state index contributed by atoms with van der Waals surface area (Å²) in [5.74, 6) is 3.49. The van der Waals surface area contributed by atoms with Gasteiger partial charge in [0.2, 0.25) is 0 Å². The molecule has 0 aromatic carbocycles. The third-order valence-corrected chi connectivity index (χ3v) is 9.97. The Hall–Kier alpha value is -0.0800. The molecule has 0 radical (unpaired) electrons. The van der Waals surface area contributed by atoms with Crippen molar-refractivity contribution in [2.45, 2.75) is 128 Å². The molecule has 0 unspecified atom stereocenters. The van der Waals surface area contributed by atoms with Gasteiger partial charge in [-0.2, -0.15) is 0 Å². The number of nitrogens with one attached hydrogen (secondary N) is 1. The molecule has 0 spiro atoms. The van der Waals surface area contributed by atoms with E-state index in [0.29, 0.717) is 16.5 Å². The number of piperidine rings is 1. The molecule has 0 amide bonds. The first-order valence-electron chi connectivity index (χ1n) is 12.3. The van der Waals surface area contributed by atoms with Crippen molar-refractivity contribution in [1.29, 1.82) is 0 Å². The maximum absolute atomic E-state index is 10.2. The molecule has 3 saturated carbocycles. The maximum Gasteiger partial charge on any atom is 0.0543 e. The third kappa shape index (κ3) is 3.31. The van der Waals surface area contributed by atoms with Gasteiger partial charge < -0.3 is 10.4 Å².